The molecule has 0 fully saturated rings. The predicted molar refractivity (Wildman–Crippen MR) is 96.9 cm³/mol. The lowest BCUT2D eigenvalue weighted by molar-refractivity contribution is 0.104. The zero-order valence-electron chi connectivity index (χ0n) is 13.7. The molecule has 0 aliphatic heterocycles. The van der Waals surface area contributed by atoms with Gasteiger partial charge in [-0.2, -0.15) is 0 Å². The lowest BCUT2D eigenvalue weighted by atomic mass is 10.0. The van der Waals surface area contributed by atoms with E-state index in [-0.39, 0.29) is 5.78 Å². The zero-order valence-corrected chi connectivity index (χ0v) is 13.7. The van der Waals surface area contributed by atoms with Crippen molar-refractivity contribution in [1.82, 2.24) is 0 Å². The number of methoxy groups -OCH3 is 2. The molecule has 3 heteroatoms. The van der Waals surface area contributed by atoms with Crippen LogP contribution in [0.4, 0.5) is 0 Å². The Morgan fingerprint density at radius 2 is 1.42 bits per heavy atom. The van der Waals surface area contributed by atoms with Gasteiger partial charge in [-0.25, -0.2) is 0 Å². The van der Waals surface area contributed by atoms with Crippen molar-refractivity contribution in [2.45, 2.75) is 0 Å². The number of rotatable bonds is 5. The van der Waals surface area contributed by atoms with Crippen LogP contribution in [-0.4, -0.2) is 20.0 Å². The van der Waals surface area contributed by atoms with Crippen LogP contribution in [0.1, 0.15) is 15.9 Å². The number of carbonyl (C=O) groups excluding carboxylic acids is 1. The van der Waals surface area contributed by atoms with Gasteiger partial charge in [0.2, 0.25) is 0 Å². The van der Waals surface area contributed by atoms with E-state index in [1.54, 1.807) is 44.6 Å². The summed E-state index contributed by atoms with van der Waals surface area (Å²) in [4.78, 5) is 12.2. The topological polar surface area (TPSA) is 35.5 Å². The Labute approximate surface area is 141 Å². The van der Waals surface area contributed by atoms with Crippen molar-refractivity contribution in [2.24, 2.45) is 0 Å². The van der Waals surface area contributed by atoms with Crippen LogP contribution in [0.2, 0.25) is 0 Å². The molecule has 120 valence electrons. The molecular weight excluding hydrogens is 300 g/mol. The first kappa shape index (κ1) is 15.8. The Kier molecular flexibility index (Phi) is 4.62. The van der Waals surface area contributed by atoms with Gasteiger partial charge in [-0.1, -0.05) is 24.3 Å². The van der Waals surface area contributed by atoms with Crippen LogP contribution in [-0.2, 0) is 0 Å². The Hall–Kier alpha value is -3.07. The van der Waals surface area contributed by atoms with Crippen molar-refractivity contribution in [3.05, 3.63) is 77.9 Å². The Morgan fingerprint density at radius 3 is 2.12 bits per heavy atom. The van der Waals surface area contributed by atoms with Crippen LogP contribution in [0.3, 0.4) is 0 Å². The molecule has 0 aromatic heterocycles. The van der Waals surface area contributed by atoms with Crippen LogP contribution in [0.5, 0.6) is 11.5 Å². The first-order valence-electron chi connectivity index (χ1n) is 7.64. The van der Waals surface area contributed by atoms with E-state index in [1.165, 1.54) is 0 Å². The molecule has 3 aromatic carbocycles. The second kappa shape index (κ2) is 7.01. The van der Waals surface area contributed by atoms with Crippen molar-refractivity contribution >= 4 is 22.6 Å². The van der Waals surface area contributed by atoms with Gasteiger partial charge in [-0.3, -0.25) is 4.79 Å². The van der Waals surface area contributed by atoms with Crippen molar-refractivity contribution in [1.29, 1.82) is 0 Å². The summed E-state index contributed by atoms with van der Waals surface area (Å²) in [6.45, 7) is 0. The van der Waals surface area contributed by atoms with E-state index in [0.29, 0.717) is 5.56 Å². The van der Waals surface area contributed by atoms with Crippen LogP contribution in [0.25, 0.3) is 16.8 Å². The molecule has 0 heterocycles. The predicted octanol–water partition coefficient (Wildman–Crippen LogP) is 4.75. The minimum atomic E-state index is -0.0347. The summed E-state index contributed by atoms with van der Waals surface area (Å²) >= 11 is 0. The highest BCUT2D eigenvalue weighted by Crippen LogP contribution is 2.22. The molecule has 0 radical (unpaired) electrons. The maximum atomic E-state index is 12.2. The van der Waals surface area contributed by atoms with Gasteiger partial charge in [-0.05, 0) is 64.9 Å². The number of carbonyl (C=O) groups is 1. The molecule has 24 heavy (non-hydrogen) atoms. The monoisotopic (exact) mass is 318 g/mol. The molecule has 0 unspecified atom stereocenters. The molecule has 0 atom stereocenters. The number of hydrogen-bond donors (Lipinski definition) is 0. The zero-order chi connectivity index (χ0) is 16.9. The van der Waals surface area contributed by atoms with Gasteiger partial charge in [-0.15, -0.1) is 0 Å². The van der Waals surface area contributed by atoms with Crippen molar-refractivity contribution in [3.8, 4) is 11.5 Å². The number of benzene rings is 3. The summed E-state index contributed by atoms with van der Waals surface area (Å²) in [5, 5.41) is 2.21. The van der Waals surface area contributed by atoms with Crippen molar-refractivity contribution in [3.63, 3.8) is 0 Å². The first-order chi connectivity index (χ1) is 11.7. The fourth-order valence-corrected chi connectivity index (χ4v) is 2.50. The number of hydrogen-bond acceptors (Lipinski definition) is 3. The molecule has 0 spiro atoms. The van der Waals surface area contributed by atoms with Gasteiger partial charge in [0.15, 0.2) is 5.78 Å². The van der Waals surface area contributed by atoms with Gasteiger partial charge >= 0.3 is 0 Å². The first-order valence-corrected chi connectivity index (χ1v) is 7.64. The number of allylic oxidation sites excluding steroid dienone is 1. The minimum Gasteiger partial charge on any atom is -0.497 e. The second-order valence-corrected chi connectivity index (χ2v) is 5.40. The van der Waals surface area contributed by atoms with E-state index < -0.39 is 0 Å². The second-order valence-electron chi connectivity index (χ2n) is 5.40. The number of ether oxygens (including phenoxy) is 2. The maximum Gasteiger partial charge on any atom is 0.185 e. The fourth-order valence-electron chi connectivity index (χ4n) is 2.50. The average molecular weight is 318 g/mol. The highest BCUT2D eigenvalue weighted by molar-refractivity contribution is 6.07. The Balaban J connectivity index is 1.80. The van der Waals surface area contributed by atoms with E-state index in [1.807, 2.05) is 42.5 Å². The van der Waals surface area contributed by atoms with Crippen LogP contribution in [0.15, 0.2) is 66.7 Å². The quantitative estimate of drug-likeness (QED) is 0.503. The smallest absolute Gasteiger partial charge is 0.185 e. The molecule has 0 saturated carbocycles. The summed E-state index contributed by atoms with van der Waals surface area (Å²) in [6, 6.07) is 19.1. The summed E-state index contributed by atoms with van der Waals surface area (Å²) in [5.41, 5.74) is 1.62. The number of fused-ring (bicyclic) bond motifs is 1. The fraction of sp³-hybridized carbons (Fsp3) is 0.0952. The lowest BCUT2D eigenvalue weighted by Gasteiger charge is -2.03. The van der Waals surface area contributed by atoms with E-state index >= 15 is 0 Å². The summed E-state index contributed by atoms with van der Waals surface area (Å²) in [5.74, 6) is 1.54. The molecule has 0 bridgehead atoms. The molecule has 3 nitrogen and oxygen atoms in total. The van der Waals surface area contributed by atoms with E-state index in [0.717, 1.165) is 27.8 Å². The van der Waals surface area contributed by atoms with Crippen LogP contribution < -0.4 is 9.47 Å². The third-order valence-electron chi connectivity index (χ3n) is 3.87. The molecule has 0 N–H and O–H groups in total. The third-order valence-corrected chi connectivity index (χ3v) is 3.87. The molecule has 3 aromatic rings. The normalized spacial score (nSPS) is 10.9. The molecule has 0 aliphatic carbocycles. The molecule has 0 aliphatic rings. The minimum absolute atomic E-state index is 0.0347. The molecular formula is C21H18O3. The van der Waals surface area contributed by atoms with E-state index in [2.05, 4.69) is 0 Å². The van der Waals surface area contributed by atoms with Crippen molar-refractivity contribution < 1.29 is 14.3 Å². The van der Waals surface area contributed by atoms with E-state index in [4.69, 9.17) is 9.47 Å². The van der Waals surface area contributed by atoms with Gasteiger partial charge in [0.05, 0.1) is 14.2 Å². The van der Waals surface area contributed by atoms with E-state index in [9.17, 15) is 4.79 Å². The van der Waals surface area contributed by atoms with Gasteiger partial charge in [0.1, 0.15) is 11.5 Å². The van der Waals surface area contributed by atoms with Gasteiger partial charge in [0, 0.05) is 5.56 Å². The largest absolute Gasteiger partial charge is 0.497 e. The molecule has 3 rings (SSSR count). The molecule has 0 saturated heterocycles. The standard InChI is InChI=1S/C21H18O3/c1-23-19-9-6-16(7-10-19)21(22)12-4-15-3-5-18-14-20(24-2)11-8-17(18)13-15/h3-14H,1-2H3/b12-4-. The Bertz CT molecular complexity index is 893. The SMILES string of the molecule is COc1ccc(C(=O)/C=C\c2ccc3cc(OC)ccc3c2)cc1. The highest BCUT2D eigenvalue weighted by atomic mass is 16.5. The van der Waals surface area contributed by atoms with Crippen LogP contribution in [0, 0.1) is 0 Å². The summed E-state index contributed by atoms with van der Waals surface area (Å²) < 4.78 is 10.3. The molecule has 0 amide bonds. The number of ketones is 1. The maximum absolute atomic E-state index is 12.2. The average Bonchev–Trinajstić information content (AvgIpc) is 2.65. The third kappa shape index (κ3) is 3.46. The van der Waals surface area contributed by atoms with Crippen molar-refractivity contribution in [2.75, 3.05) is 14.2 Å². The van der Waals surface area contributed by atoms with Gasteiger partial charge in [0.25, 0.3) is 0 Å². The summed E-state index contributed by atoms with van der Waals surface area (Å²) in [6.07, 6.45) is 3.42. The Morgan fingerprint density at radius 1 is 0.792 bits per heavy atom. The van der Waals surface area contributed by atoms with Gasteiger partial charge < -0.3 is 9.47 Å². The highest BCUT2D eigenvalue weighted by Gasteiger charge is 2.02. The lowest BCUT2D eigenvalue weighted by Crippen LogP contribution is -1.94. The summed E-state index contributed by atoms with van der Waals surface area (Å²) in [7, 11) is 3.26. The van der Waals surface area contributed by atoms with Crippen LogP contribution >= 0.6 is 0 Å².